The Balaban J connectivity index is 5.74. The van der Waals surface area contributed by atoms with Crippen LogP contribution in [0.2, 0.25) is 0 Å². The Labute approximate surface area is 262 Å². The molecule has 28 heteroatoms. The molecule has 3 N–H and O–H groups in total. The fraction of sp³-hybridized carbons (Fsp3) is 0.857. The molecule has 290 valence electrons. The maximum absolute atomic E-state index is 14.0. The molecule has 6 atom stereocenters. The first kappa shape index (κ1) is 46.3. The monoisotopic (exact) mass is 794 g/mol. The molecule has 0 aliphatic heterocycles. The number of rotatable bonds is 20. The Bertz CT molecular complexity index is 1140. The summed E-state index contributed by atoms with van der Waals surface area (Å²) in [6.45, 7) is -1.78. The minimum atomic E-state index is -7.58. The second-order valence-corrected chi connectivity index (χ2v) is 10.7. The van der Waals surface area contributed by atoms with E-state index in [2.05, 4.69) is 0 Å². The summed E-state index contributed by atoms with van der Waals surface area (Å²) in [7, 11) is 0. The minimum Gasteiger partial charge on any atom is -0.480 e. The standard InChI is InChI=1S/C21H19F21N2O4S/c22-9(15(28,29)5-49-2-1-6(45)43-3-7(46)44-4-8(47)48)16(30,31)10(23)17(32,33)11(24)18(34,35)12(25)19(36,37)13(26)20(38,39)14(27)21(40,41)42/h9-14H,1-5H2,(H,43,45)(H,44,46)(H,47,48). The SMILES string of the molecule is O=C(O)CNC(=O)CNC(=O)CCSCC(F)(F)C(F)C(F)(F)C(F)C(F)(F)C(F)C(F)(F)C(F)C(F)(F)C(F)C(F)(F)C(F)C(F)(F)F. The molecule has 0 aliphatic carbocycles. The van der Waals surface area contributed by atoms with Gasteiger partial charge < -0.3 is 15.7 Å². The molecule has 2 amide bonds. The molecule has 6 nitrogen and oxygen atoms in total. The van der Waals surface area contributed by atoms with Gasteiger partial charge in [-0.1, -0.05) is 0 Å². The second kappa shape index (κ2) is 16.1. The number of hydrogen-bond donors (Lipinski definition) is 3. The van der Waals surface area contributed by atoms with E-state index in [0.29, 0.717) is 0 Å². The third-order valence-electron chi connectivity index (χ3n) is 5.69. The number of nitrogens with one attached hydrogen (secondary N) is 2. The highest BCUT2D eigenvalue weighted by atomic mass is 32.2. The van der Waals surface area contributed by atoms with Crippen molar-refractivity contribution in [3.05, 3.63) is 0 Å². The lowest BCUT2D eigenvalue weighted by Crippen LogP contribution is -2.66. The summed E-state index contributed by atoms with van der Waals surface area (Å²) >= 11 is -0.367. The van der Waals surface area contributed by atoms with E-state index in [0.717, 1.165) is 0 Å². The van der Waals surface area contributed by atoms with E-state index in [9.17, 15) is 107 Å². The van der Waals surface area contributed by atoms with E-state index >= 15 is 0 Å². The molecule has 0 aromatic carbocycles. The van der Waals surface area contributed by atoms with Crippen molar-refractivity contribution in [2.75, 3.05) is 24.6 Å². The highest BCUT2D eigenvalue weighted by Crippen LogP contribution is 2.52. The van der Waals surface area contributed by atoms with Gasteiger partial charge >= 0.3 is 41.8 Å². The molecule has 0 heterocycles. The van der Waals surface area contributed by atoms with Crippen LogP contribution >= 0.6 is 11.8 Å². The Hall–Kier alpha value is -2.71. The molecule has 0 aromatic rings. The molecule has 6 unspecified atom stereocenters. The maximum atomic E-state index is 14.0. The van der Waals surface area contributed by atoms with E-state index in [1.807, 2.05) is 0 Å². The molecule has 0 radical (unpaired) electrons. The first-order chi connectivity index (χ1) is 21.6. The second-order valence-electron chi connectivity index (χ2n) is 9.60. The van der Waals surface area contributed by atoms with Crippen LogP contribution in [0.4, 0.5) is 92.2 Å². The van der Waals surface area contributed by atoms with Crippen LogP contribution in [0.5, 0.6) is 0 Å². The predicted octanol–water partition coefficient (Wildman–Crippen LogP) is 5.83. The first-order valence-corrected chi connectivity index (χ1v) is 13.3. The Kier molecular flexibility index (Phi) is 15.2. The van der Waals surface area contributed by atoms with E-state index in [-0.39, 0.29) is 11.8 Å². The van der Waals surface area contributed by atoms with Crippen LogP contribution in [-0.2, 0) is 14.4 Å². The van der Waals surface area contributed by atoms with Gasteiger partial charge in [-0.2, -0.15) is 68.8 Å². The molecule has 0 spiro atoms. The van der Waals surface area contributed by atoms with Crippen molar-refractivity contribution in [1.82, 2.24) is 10.6 Å². The molecule has 0 aromatic heterocycles. The largest absolute Gasteiger partial charge is 0.480 e. The van der Waals surface area contributed by atoms with Crippen LogP contribution in [0, 0.1) is 0 Å². The lowest BCUT2D eigenvalue weighted by Gasteiger charge is -2.38. The number of halogens is 21. The lowest BCUT2D eigenvalue weighted by atomic mass is 9.89. The topological polar surface area (TPSA) is 95.5 Å². The van der Waals surface area contributed by atoms with Gasteiger partial charge in [0, 0.05) is 12.2 Å². The number of aliphatic carboxylic acids is 1. The quantitative estimate of drug-likeness (QED) is 0.107. The van der Waals surface area contributed by atoms with Crippen molar-refractivity contribution >= 4 is 29.5 Å². The van der Waals surface area contributed by atoms with Crippen LogP contribution in [0.1, 0.15) is 6.42 Å². The Morgan fingerprint density at radius 3 is 1.18 bits per heavy atom. The van der Waals surface area contributed by atoms with Gasteiger partial charge in [-0.25, -0.2) is 35.1 Å². The van der Waals surface area contributed by atoms with Gasteiger partial charge in [0.15, 0.2) is 0 Å². The Morgan fingerprint density at radius 1 is 0.510 bits per heavy atom. The van der Waals surface area contributed by atoms with Gasteiger partial charge in [-0.15, -0.1) is 0 Å². The van der Waals surface area contributed by atoms with Gasteiger partial charge in [-0.3, -0.25) is 14.4 Å². The zero-order valence-electron chi connectivity index (χ0n) is 23.0. The smallest absolute Gasteiger partial charge is 0.425 e. The van der Waals surface area contributed by atoms with Crippen molar-refractivity contribution in [3.63, 3.8) is 0 Å². The molecule has 0 aliphatic rings. The molecule has 0 bridgehead atoms. The summed E-state index contributed by atoms with van der Waals surface area (Å²) in [4.78, 5) is 32.9. The number of carboxylic acid groups (broad SMARTS) is 1. The van der Waals surface area contributed by atoms with Gasteiger partial charge in [0.1, 0.15) is 6.54 Å². The summed E-state index contributed by atoms with van der Waals surface area (Å²) in [5.74, 6) is -49.5. The number of carbonyl (C=O) groups is 3. The molecule has 49 heavy (non-hydrogen) atoms. The molecule has 0 saturated heterocycles. The zero-order valence-corrected chi connectivity index (χ0v) is 23.8. The average molecular weight is 794 g/mol. The highest BCUT2D eigenvalue weighted by Gasteiger charge is 2.78. The van der Waals surface area contributed by atoms with Gasteiger partial charge in [0.2, 0.25) is 42.7 Å². The van der Waals surface area contributed by atoms with Crippen LogP contribution in [0.25, 0.3) is 0 Å². The molecular formula is C21H19F21N2O4S. The summed E-state index contributed by atoms with van der Waals surface area (Å²) in [6, 6.07) is 0. The number of thioether (sulfide) groups is 1. The van der Waals surface area contributed by atoms with Gasteiger partial charge in [0.05, 0.1) is 12.3 Å². The van der Waals surface area contributed by atoms with E-state index in [1.165, 1.54) is 0 Å². The summed E-state index contributed by atoms with van der Waals surface area (Å²) in [5, 5.41) is 11.9. The molecule has 0 rings (SSSR count). The van der Waals surface area contributed by atoms with Crippen molar-refractivity contribution in [1.29, 1.82) is 0 Å². The van der Waals surface area contributed by atoms with Crippen molar-refractivity contribution in [2.24, 2.45) is 0 Å². The highest BCUT2D eigenvalue weighted by molar-refractivity contribution is 7.99. The van der Waals surface area contributed by atoms with Gasteiger partial charge in [0.25, 0.3) is 12.1 Å². The fourth-order valence-corrected chi connectivity index (χ4v) is 4.01. The average Bonchev–Trinajstić information content (AvgIpc) is 2.97. The van der Waals surface area contributed by atoms with Crippen LogP contribution in [-0.4, -0.2) is 126 Å². The summed E-state index contributed by atoms with van der Waals surface area (Å²) in [6.07, 6.45) is -45.2. The van der Waals surface area contributed by atoms with Crippen molar-refractivity contribution < 1.29 is 112 Å². The third-order valence-corrected chi connectivity index (χ3v) is 6.77. The first-order valence-electron chi connectivity index (χ1n) is 12.1. The van der Waals surface area contributed by atoms with Gasteiger partial charge in [-0.05, 0) is 0 Å². The third kappa shape index (κ3) is 11.1. The summed E-state index contributed by atoms with van der Waals surface area (Å²) < 4.78 is 283. The van der Waals surface area contributed by atoms with Crippen molar-refractivity contribution in [3.8, 4) is 0 Å². The maximum Gasteiger partial charge on any atom is 0.425 e. The zero-order chi connectivity index (χ0) is 39.4. The fourth-order valence-electron chi connectivity index (χ4n) is 3.12. The van der Waals surface area contributed by atoms with Crippen LogP contribution in [0.15, 0.2) is 0 Å². The van der Waals surface area contributed by atoms with Crippen molar-refractivity contribution in [2.45, 2.75) is 85.2 Å². The number of carbonyl (C=O) groups excluding carboxylic acids is 2. The Morgan fingerprint density at radius 2 is 0.837 bits per heavy atom. The minimum absolute atomic E-state index is 0.367. The number of alkyl halides is 21. The van der Waals surface area contributed by atoms with Crippen LogP contribution < -0.4 is 10.6 Å². The molecule has 0 fully saturated rings. The van der Waals surface area contributed by atoms with E-state index < -0.39 is 128 Å². The normalized spacial score (nSPS) is 17.8. The molecular weight excluding hydrogens is 775 g/mol. The predicted molar refractivity (Wildman–Crippen MR) is 121 cm³/mol. The number of carboxylic acids is 1. The summed E-state index contributed by atoms with van der Waals surface area (Å²) in [5.41, 5.74) is 0. The van der Waals surface area contributed by atoms with Crippen LogP contribution in [0.3, 0.4) is 0 Å². The molecule has 0 saturated carbocycles. The lowest BCUT2D eigenvalue weighted by molar-refractivity contribution is -0.319. The number of hydrogen-bond acceptors (Lipinski definition) is 4. The van der Waals surface area contributed by atoms with E-state index in [1.54, 1.807) is 10.6 Å². The van der Waals surface area contributed by atoms with E-state index in [4.69, 9.17) is 5.11 Å². The number of amides is 2.